The lowest BCUT2D eigenvalue weighted by Gasteiger charge is -2.63. The molecule has 4 heteroatoms. The molecule has 9 atom stereocenters. The minimum absolute atomic E-state index is 0.179. The minimum Gasteiger partial charge on any atom is -0.390 e. The molecule has 34 heavy (non-hydrogen) atoms. The van der Waals surface area contributed by atoms with Gasteiger partial charge in [0, 0.05) is 11.8 Å². The van der Waals surface area contributed by atoms with E-state index < -0.39 is 17.8 Å². The van der Waals surface area contributed by atoms with Gasteiger partial charge in [-0.15, -0.1) is 0 Å². The maximum Gasteiger partial charge on any atom is 0.138 e. The van der Waals surface area contributed by atoms with Crippen LogP contribution < -0.4 is 0 Å². The van der Waals surface area contributed by atoms with Gasteiger partial charge in [0.2, 0.25) is 0 Å². The quantitative estimate of drug-likeness (QED) is 0.506. The number of fused-ring (bicyclic) bond motifs is 5. The molecule has 192 valence electrons. The van der Waals surface area contributed by atoms with Crippen molar-refractivity contribution in [2.24, 2.45) is 45.3 Å². The summed E-state index contributed by atoms with van der Waals surface area (Å²) in [7, 11) is 0. The third-order valence-corrected chi connectivity index (χ3v) is 12.3. The van der Waals surface area contributed by atoms with Crippen LogP contribution in [0.2, 0.25) is 0 Å². The third kappa shape index (κ3) is 3.23. The lowest BCUT2D eigenvalue weighted by molar-refractivity contribution is -0.187. The molecule has 4 fully saturated rings. The lowest BCUT2D eigenvalue weighted by Crippen LogP contribution is -2.58. The summed E-state index contributed by atoms with van der Waals surface area (Å²) in [6, 6.07) is 0. The van der Waals surface area contributed by atoms with Gasteiger partial charge in [-0.25, -0.2) is 0 Å². The number of aliphatic hydroxyl groups excluding tert-OH is 1. The number of ether oxygens (including phenoxy) is 1. The molecule has 3 saturated carbocycles. The fourth-order valence-electron chi connectivity index (χ4n) is 10.1. The highest BCUT2D eigenvalue weighted by Crippen LogP contribution is 2.73. The monoisotopic (exact) mass is 472 g/mol. The van der Waals surface area contributed by atoms with Gasteiger partial charge in [0.05, 0.1) is 18.3 Å². The normalized spacial score (nSPS) is 50.7. The average Bonchev–Trinajstić information content (AvgIpc) is 3.02. The predicted octanol–water partition coefficient (Wildman–Crippen LogP) is 5.70. The fourth-order valence-corrected chi connectivity index (χ4v) is 10.1. The third-order valence-electron chi connectivity index (χ3n) is 12.3. The minimum atomic E-state index is -1.02. The maximum absolute atomic E-state index is 12.8. The first-order valence-corrected chi connectivity index (χ1v) is 13.9. The van der Waals surface area contributed by atoms with Gasteiger partial charge in [0.25, 0.3) is 0 Å². The van der Waals surface area contributed by atoms with E-state index in [4.69, 9.17) is 4.74 Å². The molecule has 0 aromatic rings. The Kier molecular flexibility index (Phi) is 5.62. The van der Waals surface area contributed by atoms with E-state index in [1.54, 1.807) is 19.4 Å². The molecule has 0 bridgehead atoms. The molecule has 1 saturated heterocycles. The SMILES string of the molecule is CC(C)(O)[C@H]1OC[C@H]([C@@H]2CC[C@]3(C)C4=CC[C@H]5C(C)(C)C(=O)CC[C@]5(C)[C@H]4CC[C@@]23C)C[C@@H]1O. The summed E-state index contributed by atoms with van der Waals surface area (Å²) in [5, 5.41) is 21.3. The molecular formula is C30H48O4. The number of allylic oxidation sites excluding steroid dienone is 2. The number of hydrogen-bond donors (Lipinski definition) is 2. The molecule has 2 N–H and O–H groups in total. The molecule has 4 aliphatic carbocycles. The summed E-state index contributed by atoms with van der Waals surface area (Å²) >= 11 is 0. The standard InChI is InChI=1S/C30H48O4/c1-26(2)23-9-8-21-20(28(23,5)13-12-24(26)32)11-15-29(6)19(10-14-30(21,29)7)18-16-22(31)25(34-17-18)27(3,4)33/h8,18-20,22-23,25,31,33H,9-17H2,1-7H3/t18-,19+,20+,22+,23+,25+,28-,29+,30-/m1/s1. The van der Waals surface area contributed by atoms with Crippen molar-refractivity contribution in [2.45, 2.75) is 118 Å². The topological polar surface area (TPSA) is 66.8 Å². The van der Waals surface area contributed by atoms with E-state index in [0.29, 0.717) is 36.1 Å². The Morgan fingerprint density at radius 1 is 1.06 bits per heavy atom. The van der Waals surface area contributed by atoms with Crippen molar-refractivity contribution in [2.75, 3.05) is 6.61 Å². The van der Waals surface area contributed by atoms with Crippen molar-refractivity contribution in [3.63, 3.8) is 0 Å². The molecule has 5 aliphatic rings. The van der Waals surface area contributed by atoms with Gasteiger partial charge < -0.3 is 14.9 Å². The molecule has 1 heterocycles. The van der Waals surface area contributed by atoms with Crippen LogP contribution in [-0.2, 0) is 9.53 Å². The fraction of sp³-hybridized carbons (Fsp3) is 0.900. The Morgan fingerprint density at radius 3 is 2.41 bits per heavy atom. The van der Waals surface area contributed by atoms with E-state index in [-0.39, 0.29) is 21.7 Å². The zero-order chi connectivity index (χ0) is 24.9. The molecule has 0 aromatic heterocycles. The van der Waals surface area contributed by atoms with Gasteiger partial charge in [0.1, 0.15) is 11.9 Å². The van der Waals surface area contributed by atoms with E-state index in [9.17, 15) is 15.0 Å². The second-order valence-electron chi connectivity index (χ2n) is 14.6. The Bertz CT molecular complexity index is 883. The molecule has 0 aromatic carbocycles. The molecule has 0 spiro atoms. The van der Waals surface area contributed by atoms with Crippen LogP contribution in [0.1, 0.15) is 99.8 Å². The van der Waals surface area contributed by atoms with Gasteiger partial charge in [-0.1, -0.05) is 46.3 Å². The van der Waals surface area contributed by atoms with E-state index >= 15 is 0 Å². The molecule has 1 aliphatic heterocycles. The van der Waals surface area contributed by atoms with Crippen molar-refractivity contribution < 1.29 is 19.7 Å². The number of carbonyl (C=O) groups excluding carboxylic acids is 1. The van der Waals surface area contributed by atoms with Crippen LogP contribution in [0, 0.1) is 45.3 Å². The van der Waals surface area contributed by atoms with Crippen molar-refractivity contribution in [1.82, 2.24) is 0 Å². The summed E-state index contributed by atoms with van der Waals surface area (Å²) in [5.41, 5.74) is 1.05. The lowest BCUT2D eigenvalue weighted by atomic mass is 9.41. The molecule has 0 unspecified atom stereocenters. The van der Waals surface area contributed by atoms with Crippen molar-refractivity contribution >= 4 is 5.78 Å². The Labute approximate surface area is 206 Å². The van der Waals surface area contributed by atoms with Gasteiger partial charge in [-0.05, 0) is 98.7 Å². The van der Waals surface area contributed by atoms with E-state index in [0.717, 1.165) is 25.7 Å². The van der Waals surface area contributed by atoms with Gasteiger partial charge >= 0.3 is 0 Å². The van der Waals surface area contributed by atoms with Crippen LogP contribution in [0.5, 0.6) is 0 Å². The smallest absolute Gasteiger partial charge is 0.138 e. The summed E-state index contributed by atoms with van der Waals surface area (Å²) < 4.78 is 6.12. The highest BCUT2D eigenvalue weighted by Gasteiger charge is 2.66. The van der Waals surface area contributed by atoms with E-state index in [1.165, 1.54) is 25.7 Å². The average molecular weight is 473 g/mol. The number of hydrogen-bond acceptors (Lipinski definition) is 4. The van der Waals surface area contributed by atoms with E-state index in [1.807, 2.05) is 0 Å². The largest absolute Gasteiger partial charge is 0.390 e. The zero-order valence-corrected chi connectivity index (χ0v) is 22.6. The van der Waals surface area contributed by atoms with Crippen LogP contribution in [0.15, 0.2) is 11.6 Å². The molecule has 4 nitrogen and oxygen atoms in total. The molecular weight excluding hydrogens is 424 g/mol. The number of carbonyl (C=O) groups is 1. The second-order valence-corrected chi connectivity index (χ2v) is 14.6. The summed E-state index contributed by atoms with van der Waals surface area (Å²) in [5.74, 6) is 2.37. The molecule has 5 rings (SSSR count). The summed E-state index contributed by atoms with van der Waals surface area (Å²) in [6.07, 6.45) is 9.84. The Hall–Kier alpha value is -0.710. The predicted molar refractivity (Wildman–Crippen MR) is 134 cm³/mol. The first kappa shape index (κ1) is 25.0. The van der Waals surface area contributed by atoms with Crippen LogP contribution in [0.25, 0.3) is 0 Å². The zero-order valence-electron chi connectivity index (χ0n) is 22.6. The first-order valence-electron chi connectivity index (χ1n) is 13.9. The van der Waals surface area contributed by atoms with Gasteiger partial charge in [-0.2, -0.15) is 0 Å². The number of Topliss-reactive ketones (excluding diaryl/α,β-unsaturated/α-hetero) is 1. The van der Waals surface area contributed by atoms with Crippen LogP contribution >= 0.6 is 0 Å². The van der Waals surface area contributed by atoms with Crippen LogP contribution in [0.4, 0.5) is 0 Å². The van der Waals surface area contributed by atoms with Crippen molar-refractivity contribution in [3.05, 3.63) is 11.6 Å². The first-order chi connectivity index (χ1) is 15.7. The van der Waals surface area contributed by atoms with Crippen molar-refractivity contribution in [1.29, 1.82) is 0 Å². The summed E-state index contributed by atoms with van der Waals surface area (Å²) in [4.78, 5) is 12.8. The number of aliphatic hydroxyl groups is 2. The van der Waals surface area contributed by atoms with E-state index in [2.05, 4.69) is 40.7 Å². The maximum atomic E-state index is 12.8. The highest BCUT2D eigenvalue weighted by molar-refractivity contribution is 5.85. The van der Waals surface area contributed by atoms with Gasteiger partial charge in [-0.3, -0.25) is 4.79 Å². The van der Waals surface area contributed by atoms with Crippen LogP contribution in [-0.4, -0.2) is 40.4 Å². The second kappa shape index (κ2) is 7.65. The van der Waals surface area contributed by atoms with Gasteiger partial charge in [0.15, 0.2) is 0 Å². The number of rotatable bonds is 2. The highest BCUT2D eigenvalue weighted by atomic mass is 16.5. The molecule has 0 radical (unpaired) electrons. The Morgan fingerprint density at radius 2 is 1.76 bits per heavy atom. The number of ketones is 1. The Balaban J connectivity index is 1.43. The van der Waals surface area contributed by atoms with Crippen LogP contribution in [0.3, 0.4) is 0 Å². The van der Waals surface area contributed by atoms with Crippen molar-refractivity contribution in [3.8, 4) is 0 Å². The molecule has 0 amide bonds. The summed E-state index contributed by atoms with van der Waals surface area (Å²) in [6.45, 7) is 16.1.